The second kappa shape index (κ2) is 7.23. The molecule has 3 nitrogen and oxygen atoms in total. The summed E-state index contributed by atoms with van der Waals surface area (Å²) in [7, 11) is 2.17. The number of anilines is 1. The number of hydrogen-bond acceptors (Lipinski definition) is 3. The molecule has 1 aromatic carbocycles. The summed E-state index contributed by atoms with van der Waals surface area (Å²) in [5, 5.41) is 0. The Morgan fingerprint density at radius 3 is 2.76 bits per heavy atom. The SMILES string of the molecule is CCC(N)Cc1c(F)cccc1N1CCN(C)C(CC)C1. The van der Waals surface area contributed by atoms with Crippen molar-refractivity contribution in [3.63, 3.8) is 0 Å². The van der Waals surface area contributed by atoms with E-state index in [0.29, 0.717) is 12.5 Å². The molecule has 2 unspecified atom stereocenters. The molecule has 0 spiro atoms. The van der Waals surface area contributed by atoms with Crippen LogP contribution in [0.4, 0.5) is 10.1 Å². The number of benzene rings is 1. The zero-order chi connectivity index (χ0) is 15.4. The number of piperazine rings is 1. The summed E-state index contributed by atoms with van der Waals surface area (Å²) in [6, 6.07) is 5.96. The molecule has 1 fully saturated rings. The van der Waals surface area contributed by atoms with Crippen molar-refractivity contribution in [2.45, 2.75) is 45.2 Å². The van der Waals surface area contributed by atoms with Crippen molar-refractivity contribution < 1.29 is 4.39 Å². The Kier molecular flexibility index (Phi) is 5.59. The number of rotatable bonds is 5. The monoisotopic (exact) mass is 293 g/mol. The Morgan fingerprint density at radius 1 is 1.33 bits per heavy atom. The van der Waals surface area contributed by atoms with Gasteiger partial charge in [-0.05, 0) is 38.4 Å². The molecule has 0 radical (unpaired) electrons. The third-order valence-corrected chi connectivity index (χ3v) is 4.67. The van der Waals surface area contributed by atoms with E-state index in [2.05, 4.69) is 23.8 Å². The largest absolute Gasteiger partial charge is 0.368 e. The van der Waals surface area contributed by atoms with Crippen LogP contribution in [0.3, 0.4) is 0 Å². The fraction of sp³-hybridized carbons (Fsp3) is 0.647. The van der Waals surface area contributed by atoms with Gasteiger partial charge in [-0.25, -0.2) is 4.39 Å². The lowest BCUT2D eigenvalue weighted by atomic mass is 10.00. The Balaban J connectivity index is 2.24. The van der Waals surface area contributed by atoms with Gasteiger partial charge < -0.3 is 10.6 Å². The molecule has 0 amide bonds. The predicted octanol–water partition coefficient (Wildman–Crippen LogP) is 2.64. The fourth-order valence-electron chi connectivity index (χ4n) is 3.06. The van der Waals surface area contributed by atoms with Crippen LogP contribution >= 0.6 is 0 Å². The highest BCUT2D eigenvalue weighted by Gasteiger charge is 2.25. The van der Waals surface area contributed by atoms with Crippen molar-refractivity contribution in [1.82, 2.24) is 4.90 Å². The second-order valence-corrected chi connectivity index (χ2v) is 6.10. The molecule has 1 heterocycles. The molecule has 4 heteroatoms. The molecule has 0 aromatic heterocycles. The van der Waals surface area contributed by atoms with Gasteiger partial charge in [0.2, 0.25) is 0 Å². The van der Waals surface area contributed by atoms with Crippen molar-refractivity contribution in [2.75, 3.05) is 31.6 Å². The first-order chi connectivity index (χ1) is 10.1. The molecule has 1 aliphatic heterocycles. The second-order valence-electron chi connectivity index (χ2n) is 6.10. The molecular formula is C17H28FN3. The number of nitrogens with two attached hydrogens (primary N) is 1. The Bertz CT molecular complexity index is 463. The molecule has 118 valence electrons. The first kappa shape index (κ1) is 16.2. The van der Waals surface area contributed by atoms with E-state index >= 15 is 0 Å². The first-order valence-electron chi connectivity index (χ1n) is 8.04. The van der Waals surface area contributed by atoms with Crippen molar-refractivity contribution in [3.05, 3.63) is 29.6 Å². The van der Waals surface area contributed by atoms with Gasteiger partial charge in [-0.3, -0.25) is 4.90 Å². The highest BCUT2D eigenvalue weighted by molar-refractivity contribution is 5.55. The van der Waals surface area contributed by atoms with Crippen LogP contribution in [0.15, 0.2) is 18.2 Å². The molecule has 2 atom stereocenters. The minimum atomic E-state index is -0.122. The van der Waals surface area contributed by atoms with Crippen molar-refractivity contribution in [2.24, 2.45) is 5.73 Å². The van der Waals surface area contributed by atoms with E-state index in [-0.39, 0.29) is 11.9 Å². The van der Waals surface area contributed by atoms with E-state index < -0.39 is 0 Å². The van der Waals surface area contributed by atoms with E-state index in [0.717, 1.165) is 43.7 Å². The number of nitrogens with zero attached hydrogens (tertiary/aromatic N) is 2. The molecule has 0 bridgehead atoms. The number of halogens is 1. The lowest BCUT2D eigenvalue weighted by molar-refractivity contribution is 0.213. The van der Waals surface area contributed by atoms with E-state index in [1.807, 2.05) is 19.1 Å². The minimum absolute atomic E-state index is 0.0232. The summed E-state index contributed by atoms with van der Waals surface area (Å²) in [5.41, 5.74) is 7.87. The molecule has 1 aliphatic rings. The fourth-order valence-corrected chi connectivity index (χ4v) is 3.06. The summed E-state index contributed by atoms with van der Waals surface area (Å²) < 4.78 is 14.3. The first-order valence-corrected chi connectivity index (χ1v) is 8.04. The molecule has 0 aliphatic carbocycles. The lowest BCUT2D eigenvalue weighted by Gasteiger charge is -2.41. The average Bonchev–Trinajstić information content (AvgIpc) is 2.49. The van der Waals surface area contributed by atoms with Crippen LogP contribution in [-0.4, -0.2) is 43.7 Å². The third-order valence-electron chi connectivity index (χ3n) is 4.67. The third kappa shape index (κ3) is 3.74. The van der Waals surface area contributed by atoms with Gasteiger partial charge in [0.15, 0.2) is 0 Å². The summed E-state index contributed by atoms with van der Waals surface area (Å²) in [5.74, 6) is -0.122. The molecule has 1 aromatic rings. The molecule has 21 heavy (non-hydrogen) atoms. The Morgan fingerprint density at radius 2 is 2.10 bits per heavy atom. The van der Waals surface area contributed by atoms with Crippen LogP contribution in [0.2, 0.25) is 0 Å². The quantitative estimate of drug-likeness (QED) is 0.906. The molecule has 2 rings (SSSR count). The maximum atomic E-state index is 14.3. The molecule has 1 saturated heterocycles. The van der Waals surface area contributed by atoms with Gasteiger partial charge in [-0.15, -0.1) is 0 Å². The van der Waals surface area contributed by atoms with Gasteiger partial charge in [0.05, 0.1) is 0 Å². The van der Waals surface area contributed by atoms with Crippen molar-refractivity contribution in [1.29, 1.82) is 0 Å². The van der Waals surface area contributed by atoms with Crippen LogP contribution < -0.4 is 10.6 Å². The van der Waals surface area contributed by atoms with E-state index in [4.69, 9.17) is 5.73 Å². The maximum absolute atomic E-state index is 14.3. The lowest BCUT2D eigenvalue weighted by Crippen LogP contribution is -2.51. The topological polar surface area (TPSA) is 32.5 Å². The normalized spacial score (nSPS) is 21.6. The maximum Gasteiger partial charge on any atom is 0.128 e. The summed E-state index contributed by atoms with van der Waals surface area (Å²) in [6.07, 6.45) is 2.60. The highest BCUT2D eigenvalue weighted by Crippen LogP contribution is 2.27. The van der Waals surface area contributed by atoms with Gasteiger partial charge in [-0.2, -0.15) is 0 Å². The van der Waals surface area contributed by atoms with Gasteiger partial charge in [0.1, 0.15) is 5.82 Å². The van der Waals surface area contributed by atoms with E-state index in [1.54, 1.807) is 6.07 Å². The van der Waals surface area contributed by atoms with Crippen LogP contribution in [0.5, 0.6) is 0 Å². The van der Waals surface area contributed by atoms with Crippen molar-refractivity contribution in [3.8, 4) is 0 Å². The average molecular weight is 293 g/mol. The van der Waals surface area contributed by atoms with Gasteiger partial charge in [0, 0.05) is 43.0 Å². The van der Waals surface area contributed by atoms with Gasteiger partial charge in [-0.1, -0.05) is 19.9 Å². The Hall–Kier alpha value is -1.13. The molecular weight excluding hydrogens is 265 g/mol. The zero-order valence-electron chi connectivity index (χ0n) is 13.5. The highest BCUT2D eigenvalue weighted by atomic mass is 19.1. The summed E-state index contributed by atoms with van der Waals surface area (Å²) in [4.78, 5) is 4.72. The van der Waals surface area contributed by atoms with Crippen molar-refractivity contribution >= 4 is 5.69 Å². The number of likely N-dealkylation sites (N-methyl/N-ethyl adjacent to an activating group) is 1. The van der Waals surface area contributed by atoms with E-state index in [1.165, 1.54) is 0 Å². The summed E-state index contributed by atoms with van der Waals surface area (Å²) >= 11 is 0. The molecule has 0 saturated carbocycles. The van der Waals surface area contributed by atoms with Crippen LogP contribution in [-0.2, 0) is 6.42 Å². The van der Waals surface area contributed by atoms with E-state index in [9.17, 15) is 4.39 Å². The predicted molar refractivity (Wildman–Crippen MR) is 87.3 cm³/mol. The minimum Gasteiger partial charge on any atom is -0.368 e. The standard InChI is InChI=1S/C17H28FN3/c1-4-13(19)11-15-16(18)7-6-8-17(15)21-10-9-20(3)14(5-2)12-21/h6-8,13-14H,4-5,9-12,19H2,1-3H3. The summed E-state index contributed by atoms with van der Waals surface area (Å²) in [6.45, 7) is 7.20. The van der Waals surface area contributed by atoms with Crippen LogP contribution in [0.25, 0.3) is 0 Å². The molecule has 2 N–H and O–H groups in total. The van der Waals surface area contributed by atoms with Gasteiger partial charge in [0.25, 0.3) is 0 Å². The zero-order valence-corrected chi connectivity index (χ0v) is 13.5. The smallest absolute Gasteiger partial charge is 0.128 e. The van der Waals surface area contributed by atoms with Gasteiger partial charge >= 0.3 is 0 Å². The Labute approximate surface area is 127 Å². The van der Waals surface area contributed by atoms with Crippen LogP contribution in [0.1, 0.15) is 32.3 Å². The number of hydrogen-bond donors (Lipinski definition) is 1. The van der Waals surface area contributed by atoms with Crippen LogP contribution in [0, 0.1) is 5.82 Å².